The summed E-state index contributed by atoms with van der Waals surface area (Å²) in [5, 5.41) is 3.45. The van der Waals surface area contributed by atoms with Crippen molar-refractivity contribution in [1.29, 1.82) is 0 Å². The van der Waals surface area contributed by atoms with E-state index >= 15 is 0 Å². The summed E-state index contributed by atoms with van der Waals surface area (Å²) in [5.41, 5.74) is 1.89. The van der Waals surface area contributed by atoms with Crippen LogP contribution in [0.2, 0.25) is 5.02 Å². The number of rotatable bonds is 4. The molecule has 0 spiro atoms. The number of benzene rings is 1. The molecule has 2 amide bonds. The van der Waals surface area contributed by atoms with E-state index in [1.807, 2.05) is 11.8 Å². The second-order valence-electron chi connectivity index (χ2n) is 7.60. The zero-order valence-corrected chi connectivity index (χ0v) is 18.1. The number of halogens is 4. The first-order valence-corrected chi connectivity index (χ1v) is 10.5. The van der Waals surface area contributed by atoms with Crippen LogP contribution in [0, 0.1) is 6.92 Å². The van der Waals surface area contributed by atoms with Crippen LogP contribution < -0.4 is 5.32 Å². The van der Waals surface area contributed by atoms with Gasteiger partial charge in [-0.2, -0.15) is 13.2 Å². The molecule has 1 fully saturated rings. The van der Waals surface area contributed by atoms with Crippen molar-refractivity contribution >= 4 is 34.5 Å². The summed E-state index contributed by atoms with van der Waals surface area (Å²) >= 11 is 6.10. The number of carbonyl (C=O) groups is 1. The number of fused-ring (bicyclic) bond motifs is 1. The molecule has 170 valence electrons. The lowest BCUT2D eigenvalue weighted by atomic mass is 10.2. The Balaban J connectivity index is 1.36. The number of carbonyl (C=O) groups excluding carboxylic acids is 1. The lowest BCUT2D eigenvalue weighted by molar-refractivity contribution is -0.147. The average molecular weight is 467 g/mol. The molecule has 2 aromatic heterocycles. The van der Waals surface area contributed by atoms with Gasteiger partial charge in [-0.15, -0.1) is 0 Å². The summed E-state index contributed by atoms with van der Waals surface area (Å²) < 4.78 is 41.4. The van der Waals surface area contributed by atoms with Gasteiger partial charge in [0.25, 0.3) is 0 Å². The van der Waals surface area contributed by atoms with Gasteiger partial charge in [0.1, 0.15) is 5.52 Å². The number of pyridine rings is 1. The molecular formula is C21H22ClF3N6O. The van der Waals surface area contributed by atoms with Crippen molar-refractivity contribution in [2.75, 3.05) is 38.0 Å². The molecule has 1 aliphatic rings. The van der Waals surface area contributed by atoms with Crippen molar-refractivity contribution in [2.45, 2.75) is 19.6 Å². The molecule has 1 aromatic carbocycles. The van der Waals surface area contributed by atoms with Crippen molar-refractivity contribution in [2.24, 2.45) is 0 Å². The quantitative estimate of drug-likeness (QED) is 0.624. The van der Waals surface area contributed by atoms with Crippen LogP contribution in [0.1, 0.15) is 11.4 Å². The van der Waals surface area contributed by atoms with Crippen LogP contribution in [0.4, 0.5) is 23.7 Å². The van der Waals surface area contributed by atoms with Crippen LogP contribution in [0.5, 0.6) is 0 Å². The third-order valence-electron chi connectivity index (χ3n) is 5.57. The number of hydrogen-bond acceptors (Lipinski definition) is 4. The van der Waals surface area contributed by atoms with Crippen LogP contribution in [0.25, 0.3) is 11.2 Å². The minimum absolute atomic E-state index is 0.107. The predicted octanol–water partition coefficient (Wildman–Crippen LogP) is 4.26. The Kier molecular flexibility index (Phi) is 6.25. The third-order valence-corrected chi connectivity index (χ3v) is 5.98. The van der Waals surface area contributed by atoms with Gasteiger partial charge in [0.2, 0.25) is 5.82 Å². The molecule has 0 unspecified atom stereocenters. The highest BCUT2D eigenvalue weighted by Gasteiger charge is 2.38. The number of alkyl halides is 3. The van der Waals surface area contributed by atoms with Crippen LogP contribution >= 0.6 is 11.6 Å². The van der Waals surface area contributed by atoms with Gasteiger partial charge in [-0.1, -0.05) is 17.7 Å². The lowest BCUT2D eigenvalue weighted by Gasteiger charge is -2.35. The number of aromatic nitrogens is 3. The van der Waals surface area contributed by atoms with E-state index in [4.69, 9.17) is 11.6 Å². The topological polar surface area (TPSA) is 66.3 Å². The van der Waals surface area contributed by atoms with Crippen LogP contribution in [-0.4, -0.2) is 63.1 Å². The number of amides is 2. The Bertz CT molecular complexity index is 1120. The molecule has 0 aliphatic carbocycles. The van der Waals surface area contributed by atoms with Gasteiger partial charge in [0.05, 0.1) is 0 Å². The van der Waals surface area contributed by atoms with Crippen LogP contribution in [-0.2, 0) is 12.7 Å². The fourth-order valence-electron chi connectivity index (χ4n) is 3.74. The first-order chi connectivity index (χ1) is 15.2. The highest BCUT2D eigenvalue weighted by Crippen LogP contribution is 2.31. The van der Waals surface area contributed by atoms with Crippen molar-refractivity contribution < 1.29 is 18.0 Å². The molecule has 1 saturated heterocycles. The number of urea groups is 1. The van der Waals surface area contributed by atoms with Gasteiger partial charge in [-0.3, -0.25) is 4.90 Å². The Morgan fingerprint density at radius 1 is 1.12 bits per heavy atom. The summed E-state index contributed by atoms with van der Waals surface area (Å²) in [4.78, 5) is 24.1. The smallest absolute Gasteiger partial charge is 0.322 e. The summed E-state index contributed by atoms with van der Waals surface area (Å²) in [7, 11) is 0. The Hall–Kier alpha value is -2.85. The molecule has 3 heterocycles. The van der Waals surface area contributed by atoms with Crippen molar-refractivity contribution in [3.05, 3.63) is 52.9 Å². The predicted molar refractivity (Wildman–Crippen MR) is 116 cm³/mol. The SMILES string of the molecule is Cc1c(Cl)cccc1NC(=O)N1CCN(CCn2c(C(F)(F)F)nc3cccnc32)CC1. The molecule has 0 saturated carbocycles. The second-order valence-corrected chi connectivity index (χ2v) is 8.01. The van der Waals surface area contributed by atoms with Crippen LogP contribution in [0.15, 0.2) is 36.5 Å². The molecule has 7 nitrogen and oxygen atoms in total. The number of imidazole rings is 1. The fourth-order valence-corrected chi connectivity index (χ4v) is 3.91. The van der Waals surface area contributed by atoms with E-state index in [1.54, 1.807) is 29.2 Å². The maximum atomic E-state index is 13.4. The van der Waals surface area contributed by atoms with E-state index < -0.39 is 12.0 Å². The average Bonchev–Trinajstić information content (AvgIpc) is 3.15. The zero-order valence-electron chi connectivity index (χ0n) is 17.4. The second kappa shape index (κ2) is 8.95. The van der Waals surface area contributed by atoms with Gasteiger partial charge in [0.15, 0.2) is 5.65 Å². The normalized spacial score (nSPS) is 15.3. The van der Waals surface area contributed by atoms with Crippen molar-refractivity contribution in [1.82, 2.24) is 24.3 Å². The summed E-state index contributed by atoms with van der Waals surface area (Å²) in [6, 6.07) is 8.18. The third kappa shape index (κ3) is 4.66. The van der Waals surface area contributed by atoms with Crippen molar-refractivity contribution in [3.63, 3.8) is 0 Å². The Labute approximate surface area is 187 Å². The number of nitrogens with one attached hydrogen (secondary N) is 1. The zero-order chi connectivity index (χ0) is 22.9. The fraction of sp³-hybridized carbons (Fsp3) is 0.381. The minimum atomic E-state index is -4.56. The first-order valence-electron chi connectivity index (χ1n) is 10.2. The van der Waals surface area contributed by atoms with Crippen molar-refractivity contribution in [3.8, 4) is 0 Å². The lowest BCUT2D eigenvalue weighted by Crippen LogP contribution is -2.50. The van der Waals surface area contributed by atoms with E-state index in [9.17, 15) is 18.0 Å². The first kappa shape index (κ1) is 22.3. The van der Waals surface area contributed by atoms with Gasteiger partial charge >= 0.3 is 12.2 Å². The summed E-state index contributed by atoms with van der Waals surface area (Å²) in [5.74, 6) is -0.943. The van der Waals surface area contributed by atoms with E-state index in [1.165, 1.54) is 12.3 Å². The monoisotopic (exact) mass is 466 g/mol. The molecule has 1 aliphatic heterocycles. The molecule has 4 rings (SSSR count). The highest BCUT2D eigenvalue weighted by atomic mass is 35.5. The number of nitrogens with zero attached hydrogens (tertiary/aromatic N) is 5. The molecule has 0 bridgehead atoms. The summed E-state index contributed by atoms with van der Waals surface area (Å²) in [6.45, 7) is 4.40. The molecular weight excluding hydrogens is 445 g/mol. The molecule has 11 heteroatoms. The molecule has 32 heavy (non-hydrogen) atoms. The standard InChI is InChI=1S/C21H22ClF3N6O/c1-14-15(22)4-2-5-16(14)28-20(32)30-11-8-29(9-12-30)10-13-31-18-17(6-3-7-26-18)27-19(31)21(23,24)25/h2-7H,8-13H2,1H3,(H,28,32). The Morgan fingerprint density at radius 3 is 2.59 bits per heavy atom. The van der Waals surface area contributed by atoms with E-state index in [2.05, 4.69) is 15.3 Å². The number of anilines is 1. The summed E-state index contributed by atoms with van der Waals surface area (Å²) in [6.07, 6.45) is -3.10. The van der Waals surface area contributed by atoms with Gasteiger partial charge < -0.3 is 14.8 Å². The highest BCUT2D eigenvalue weighted by molar-refractivity contribution is 6.31. The minimum Gasteiger partial charge on any atom is -0.322 e. The van der Waals surface area contributed by atoms with Crippen LogP contribution in [0.3, 0.4) is 0 Å². The maximum absolute atomic E-state index is 13.4. The van der Waals surface area contributed by atoms with E-state index in [0.29, 0.717) is 43.4 Å². The van der Waals surface area contributed by atoms with Gasteiger partial charge in [0, 0.05) is 56.2 Å². The molecule has 3 aromatic rings. The van der Waals surface area contributed by atoms with Gasteiger partial charge in [-0.05, 0) is 36.8 Å². The molecule has 0 radical (unpaired) electrons. The van der Waals surface area contributed by atoms with E-state index in [-0.39, 0.29) is 23.7 Å². The maximum Gasteiger partial charge on any atom is 0.449 e. The van der Waals surface area contributed by atoms with Gasteiger partial charge in [-0.25, -0.2) is 14.8 Å². The Morgan fingerprint density at radius 2 is 1.88 bits per heavy atom. The molecule has 0 atom stereocenters. The number of piperazine rings is 1. The number of hydrogen-bond donors (Lipinski definition) is 1. The largest absolute Gasteiger partial charge is 0.449 e. The molecule has 1 N–H and O–H groups in total. The van der Waals surface area contributed by atoms with E-state index in [0.717, 1.165) is 10.1 Å².